The normalized spacial score (nSPS) is 17.5. The van der Waals surface area contributed by atoms with Gasteiger partial charge in [-0.25, -0.2) is 4.98 Å². The summed E-state index contributed by atoms with van der Waals surface area (Å²) in [4.78, 5) is 21.9. The summed E-state index contributed by atoms with van der Waals surface area (Å²) in [6, 6.07) is 7.79. The Balaban J connectivity index is 1.48. The van der Waals surface area contributed by atoms with Crippen molar-refractivity contribution in [2.75, 3.05) is 33.7 Å². The van der Waals surface area contributed by atoms with Gasteiger partial charge in [0.25, 0.3) is 5.91 Å². The van der Waals surface area contributed by atoms with Crippen LogP contribution in [0.2, 0.25) is 0 Å². The Morgan fingerprint density at radius 3 is 3.04 bits per heavy atom. The van der Waals surface area contributed by atoms with E-state index in [9.17, 15) is 4.79 Å². The Labute approximate surface area is 165 Å². The predicted octanol–water partition coefficient (Wildman–Crippen LogP) is 2.73. The molecule has 7 nitrogen and oxygen atoms in total. The Morgan fingerprint density at radius 1 is 1.32 bits per heavy atom. The molecule has 3 aromatic rings. The molecule has 0 radical (unpaired) electrons. The van der Waals surface area contributed by atoms with E-state index < -0.39 is 0 Å². The van der Waals surface area contributed by atoms with Gasteiger partial charge in [0.1, 0.15) is 5.82 Å². The van der Waals surface area contributed by atoms with Crippen LogP contribution in [0.1, 0.15) is 41.5 Å². The first-order valence-corrected chi connectivity index (χ1v) is 10.0. The number of aromatic amines is 1. The number of carbonyl (C=O) groups is 1. The summed E-state index contributed by atoms with van der Waals surface area (Å²) < 4.78 is 2.26. The maximum absolute atomic E-state index is 13.1. The molecule has 1 atom stereocenters. The van der Waals surface area contributed by atoms with E-state index in [-0.39, 0.29) is 11.8 Å². The largest absolute Gasteiger partial charge is 0.337 e. The van der Waals surface area contributed by atoms with Gasteiger partial charge in [0.15, 0.2) is 5.69 Å². The molecule has 1 amide bonds. The second kappa shape index (κ2) is 8.14. The first kappa shape index (κ1) is 18.7. The molecule has 1 fully saturated rings. The van der Waals surface area contributed by atoms with Crippen LogP contribution in [0, 0.1) is 0 Å². The fraction of sp³-hybridized carbons (Fsp3) is 0.476. The summed E-state index contributed by atoms with van der Waals surface area (Å²) in [6.45, 7) is 3.49. The van der Waals surface area contributed by atoms with Crippen molar-refractivity contribution in [3.05, 3.63) is 48.2 Å². The van der Waals surface area contributed by atoms with Crippen molar-refractivity contribution in [3.8, 4) is 0 Å². The van der Waals surface area contributed by atoms with Crippen molar-refractivity contribution in [1.29, 1.82) is 0 Å². The molecule has 1 saturated heterocycles. The van der Waals surface area contributed by atoms with E-state index in [0.29, 0.717) is 12.2 Å². The molecule has 2 aromatic heterocycles. The number of nitrogens with one attached hydrogen (secondary N) is 1. The fourth-order valence-electron chi connectivity index (χ4n) is 4.08. The summed E-state index contributed by atoms with van der Waals surface area (Å²) >= 11 is 0. The number of para-hydroxylation sites is 1. The van der Waals surface area contributed by atoms with Gasteiger partial charge in [0, 0.05) is 43.3 Å². The second-order valence-electron chi connectivity index (χ2n) is 7.84. The Bertz CT molecular complexity index is 943. The number of likely N-dealkylation sites (tertiary alicyclic amines) is 1. The maximum atomic E-state index is 13.1. The molecule has 1 aromatic carbocycles. The number of aryl methyl sites for hydroxylation is 1. The number of aromatic nitrogens is 4. The van der Waals surface area contributed by atoms with E-state index >= 15 is 0 Å². The van der Waals surface area contributed by atoms with Crippen molar-refractivity contribution in [3.63, 3.8) is 0 Å². The number of benzene rings is 1. The Hall–Kier alpha value is -2.67. The zero-order valence-electron chi connectivity index (χ0n) is 16.6. The SMILES string of the molecule is CN(C)CCCn1ccnc1[C@H]1CCCN(C(=O)c2n[nH]c3ccccc23)C1. The highest BCUT2D eigenvalue weighted by molar-refractivity contribution is 6.04. The quantitative estimate of drug-likeness (QED) is 0.714. The van der Waals surface area contributed by atoms with E-state index in [1.54, 1.807) is 0 Å². The highest BCUT2D eigenvalue weighted by Crippen LogP contribution is 2.28. The van der Waals surface area contributed by atoms with Crippen LogP contribution < -0.4 is 0 Å². The topological polar surface area (TPSA) is 70.1 Å². The van der Waals surface area contributed by atoms with Gasteiger partial charge in [-0.3, -0.25) is 9.89 Å². The van der Waals surface area contributed by atoms with E-state index in [4.69, 9.17) is 0 Å². The fourth-order valence-corrected chi connectivity index (χ4v) is 4.08. The number of rotatable bonds is 6. The second-order valence-corrected chi connectivity index (χ2v) is 7.84. The lowest BCUT2D eigenvalue weighted by atomic mass is 9.96. The lowest BCUT2D eigenvalue weighted by molar-refractivity contribution is 0.0699. The monoisotopic (exact) mass is 380 g/mol. The first-order chi connectivity index (χ1) is 13.6. The molecule has 28 heavy (non-hydrogen) atoms. The smallest absolute Gasteiger partial charge is 0.275 e. The average molecular weight is 380 g/mol. The lowest BCUT2D eigenvalue weighted by Gasteiger charge is -2.32. The van der Waals surface area contributed by atoms with Crippen molar-refractivity contribution < 1.29 is 4.79 Å². The number of piperidine rings is 1. The number of hydrogen-bond acceptors (Lipinski definition) is 4. The molecule has 1 aliphatic rings. The molecule has 0 saturated carbocycles. The predicted molar refractivity (Wildman–Crippen MR) is 109 cm³/mol. The van der Waals surface area contributed by atoms with Crippen LogP contribution in [-0.4, -0.2) is 69.2 Å². The zero-order valence-corrected chi connectivity index (χ0v) is 16.6. The average Bonchev–Trinajstić information content (AvgIpc) is 3.34. The summed E-state index contributed by atoms with van der Waals surface area (Å²) in [5.74, 6) is 1.38. The molecule has 7 heteroatoms. The minimum Gasteiger partial charge on any atom is -0.337 e. The number of hydrogen-bond donors (Lipinski definition) is 1. The first-order valence-electron chi connectivity index (χ1n) is 10.0. The molecule has 1 aliphatic heterocycles. The van der Waals surface area contributed by atoms with Gasteiger partial charge in [-0.1, -0.05) is 18.2 Å². The third-order valence-corrected chi connectivity index (χ3v) is 5.50. The van der Waals surface area contributed by atoms with E-state index in [1.807, 2.05) is 35.4 Å². The summed E-state index contributed by atoms with van der Waals surface area (Å²) in [5, 5.41) is 8.15. The van der Waals surface area contributed by atoms with Crippen molar-refractivity contribution in [2.45, 2.75) is 31.7 Å². The van der Waals surface area contributed by atoms with Crippen LogP contribution >= 0.6 is 0 Å². The van der Waals surface area contributed by atoms with Gasteiger partial charge in [-0.05, 0) is 46.0 Å². The Morgan fingerprint density at radius 2 is 2.18 bits per heavy atom. The lowest BCUT2D eigenvalue weighted by Crippen LogP contribution is -2.40. The van der Waals surface area contributed by atoms with Crippen LogP contribution in [0.4, 0.5) is 0 Å². The number of H-pyrrole nitrogens is 1. The molecular formula is C21H28N6O. The third kappa shape index (κ3) is 3.80. The standard InChI is InChI=1S/C21H28N6O/c1-25(2)11-6-13-26-14-10-22-20(26)16-7-5-12-27(15-16)21(28)19-17-8-3-4-9-18(17)23-24-19/h3-4,8-10,14,16H,5-7,11-13,15H2,1-2H3,(H,23,24)/t16-/m0/s1. The molecule has 0 unspecified atom stereocenters. The molecule has 0 bridgehead atoms. The van der Waals surface area contributed by atoms with Crippen LogP contribution in [0.25, 0.3) is 10.9 Å². The van der Waals surface area contributed by atoms with E-state index in [2.05, 4.69) is 44.9 Å². The van der Waals surface area contributed by atoms with Gasteiger partial charge >= 0.3 is 0 Å². The van der Waals surface area contributed by atoms with Crippen LogP contribution in [0.15, 0.2) is 36.7 Å². The molecule has 1 N–H and O–H groups in total. The van der Waals surface area contributed by atoms with Gasteiger partial charge in [0.05, 0.1) is 5.52 Å². The molecule has 0 spiro atoms. The number of fused-ring (bicyclic) bond motifs is 1. The number of carbonyl (C=O) groups excluding carboxylic acids is 1. The minimum atomic E-state index is 0.00728. The number of nitrogens with zero attached hydrogens (tertiary/aromatic N) is 5. The zero-order chi connectivity index (χ0) is 19.5. The van der Waals surface area contributed by atoms with Crippen LogP contribution in [0.3, 0.4) is 0 Å². The highest BCUT2D eigenvalue weighted by Gasteiger charge is 2.29. The molecule has 3 heterocycles. The molecule has 4 rings (SSSR count). The number of amides is 1. The minimum absolute atomic E-state index is 0.00728. The highest BCUT2D eigenvalue weighted by atomic mass is 16.2. The van der Waals surface area contributed by atoms with Gasteiger partial charge < -0.3 is 14.4 Å². The van der Waals surface area contributed by atoms with Crippen molar-refractivity contribution in [1.82, 2.24) is 29.5 Å². The maximum Gasteiger partial charge on any atom is 0.275 e. The third-order valence-electron chi connectivity index (χ3n) is 5.50. The van der Waals surface area contributed by atoms with Gasteiger partial charge in [0.2, 0.25) is 0 Å². The molecular weight excluding hydrogens is 352 g/mol. The summed E-state index contributed by atoms with van der Waals surface area (Å²) in [7, 11) is 4.19. The van der Waals surface area contributed by atoms with Gasteiger partial charge in [-0.2, -0.15) is 5.10 Å². The Kier molecular flexibility index (Phi) is 5.43. The van der Waals surface area contributed by atoms with Crippen molar-refractivity contribution >= 4 is 16.8 Å². The number of imidazole rings is 1. The molecule has 148 valence electrons. The van der Waals surface area contributed by atoms with Crippen LogP contribution in [-0.2, 0) is 6.54 Å². The summed E-state index contributed by atoms with van der Waals surface area (Å²) in [6.07, 6.45) is 7.09. The summed E-state index contributed by atoms with van der Waals surface area (Å²) in [5.41, 5.74) is 1.42. The van der Waals surface area contributed by atoms with Crippen LogP contribution in [0.5, 0.6) is 0 Å². The molecule has 0 aliphatic carbocycles. The van der Waals surface area contributed by atoms with Gasteiger partial charge in [-0.15, -0.1) is 0 Å². The van der Waals surface area contributed by atoms with E-state index in [0.717, 1.165) is 55.6 Å². The van der Waals surface area contributed by atoms with Crippen molar-refractivity contribution in [2.24, 2.45) is 0 Å². The van der Waals surface area contributed by atoms with E-state index in [1.165, 1.54) is 0 Å².